The summed E-state index contributed by atoms with van der Waals surface area (Å²) in [6.07, 6.45) is 3.74. The van der Waals surface area contributed by atoms with Gasteiger partial charge in [0.05, 0.1) is 45.7 Å². The van der Waals surface area contributed by atoms with E-state index in [4.69, 9.17) is 15.0 Å². The van der Waals surface area contributed by atoms with Gasteiger partial charge in [-0.3, -0.25) is 9.55 Å². The van der Waals surface area contributed by atoms with Crippen molar-refractivity contribution in [2.45, 2.75) is 0 Å². The van der Waals surface area contributed by atoms with Gasteiger partial charge in [0.25, 0.3) is 0 Å². The molecule has 0 saturated carbocycles. The van der Waals surface area contributed by atoms with Gasteiger partial charge in [-0.05, 0) is 76.5 Å². The second-order valence-corrected chi connectivity index (χ2v) is 11.6. The zero-order valence-electron chi connectivity index (χ0n) is 25.3. The highest BCUT2D eigenvalue weighted by atomic mass is 15.1. The maximum atomic E-state index is 5.09. The molecule has 220 valence electrons. The van der Waals surface area contributed by atoms with Crippen molar-refractivity contribution in [1.82, 2.24) is 24.5 Å². The van der Waals surface area contributed by atoms with Crippen LogP contribution in [0, 0.1) is 0 Å². The SMILES string of the molecule is c1cc(-c2ccc(-c3ccc4ccccc4c3)cc2)nc(-c2cccc(-c3cccc(-n4c5ccccc5c5ccncc54)n3)n2)c1. The van der Waals surface area contributed by atoms with E-state index < -0.39 is 0 Å². The molecule has 0 bridgehead atoms. The van der Waals surface area contributed by atoms with E-state index in [1.165, 1.54) is 27.3 Å². The van der Waals surface area contributed by atoms with Crippen LogP contribution in [-0.4, -0.2) is 24.5 Å². The average molecular weight is 602 g/mol. The van der Waals surface area contributed by atoms with Crippen LogP contribution in [0.4, 0.5) is 0 Å². The number of fused-ring (bicyclic) bond motifs is 4. The first-order valence-corrected chi connectivity index (χ1v) is 15.6. The summed E-state index contributed by atoms with van der Waals surface area (Å²) in [5.74, 6) is 0.821. The zero-order valence-corrected chi connectivity index (χ0v) is 25.3. The third-order valence-electron chi connectivity index (χ3n) is 8.73. The topological polar surface area (TPSA) is 56.5 Å². The maximum Gasteiger partial charge on any atom is 0.138 e. The standard InChI is InChI=1S/C42H27N5/c1-2-9-31-26-32(23-20-28(31)8-1)29-18-21-30(22-19-29)35-11-5-12-36(44-35)37-13-6-14-38(45-37)39-15-7-17-42(46-39)47-40-16-4-3-10-33(40)34-24-25-43-27-41(34)47/h1-27H. The number of hydrogen-bond donors (Lipinski definition) is 0. The van der Waals surface area contributed by atoms with Crippen LogP contribution >= 0.6 is 0 Å². The molecule has 47 heavy (non-hydrogen) atoms. The van der Waals surface area contributed by atoms with Gasteiger partial charge in [-0.2, -0.15) is 0 Å². The van der Waals surface area contributed by atoms with Crippen LogP contribution in [0.25, 0.3) is 83.6 Å². The molecule has 5 nitrogen and oxygen atoms in total. The smallest absolute Gasteiger partial charge is 0.138 e. The average Bonchev–Trinajstić information content (AvgIpc) is 3.49. The van der Waals surface area contributed by atoms with Crippen molar-refractivity contribution in [2.75, 3.05) is 0 Å². The lowest BCUT2D eigenvalue weighted by atomic mass is 9.99. The molecule has 4 aromatic carbocycles. The Kier molecular flexibility index (Phi) is 6.39. The van der Waals surface area contributed by atoms with Gasteiger partial charge in [0.2, 0.25) is 0 Å². The molecule has 0 fully saturated rings. The maximum absolute atomic E-state index is 5.09. The molecule has 0 spiro atoms. The highest BCUT2D eigenvalue weighted by Crippen LogP contribution is 2.32. The van der Waals surface area contributed by atoms with E-state index in [0.717, 1.165) is 56.3 Å². The van der Waals surface area contributed by atoms with Crippen LogP contribution in [0.5, 0.6) is 0 Å². The van der Waals surface area contributed by atoms with E-state index in [1.807, 2.05) is 67.0 Å². The van der Waals surface area contributed by atoms with Crippen LogP contribution in [0.3, 0.4) is 0 Å². The van der Waals surface area contributed by atoms with Gasteiger partial charge in [0.15, 0.2) is 0 Å². The predicted molar refractivity (Wildman–Crippen MR) is 191 cm³/mol. The molecular formula is C42H27N5. The van der Waals surface area contributed by atoms with Crippen LogP contribution in [-0.2, 0) is 0 Å². The third kappa shape index (κ3) is 4.82. The number of hydrogen-bond acceptors (Lipinski definition) is 4. The van der Waals surface area contributed by atoms with Crippen molar-refractivity contribution in [2.24, 2.45) is 0 Å². The summed E-state index contributed by atoms with van der Waals surface area (Å²) in [6, 6.07) is 52.3. The summed E-state index contributed by atoms with van der Waals surface area (Å²) in [7, 11) is 0. The highest BCUT2D eigenvalue weighted by Gasteiger charge is 2.14. The lowest BCUT2D eigenvalue weighted by Crippen LogP contribution is -1.99. The number of rotatable bonds is 5. The second kappa shape index (κ2) is 11.2. The molecule has 9 aromatic rings. The molecule has 0 aliphatic heterocycles. The molecule has 0 amide bonds. The van der Waals surface area contributed by atoms with Gasteiger partial charge in [0.1, 0.15) is 5.82 Å². The van der Waals surface area contributed by atoms with Gasteiger partial charge in [-0.15, -0.1) is 0 Å². The van der Waals surface area contributed by atoms with Gasteiger partial charge in [0, 0.05) is 22.5 Å². The lowest BCUT2D eigenvalue weighted by molar-refractivity contribution is 1.07. The Labute approximate surface area is 271 Å². The normalized spacial score (nSPS) is 11.4. The first-order valence-electron chi connectivity index (χ1n) is 15.6. The van der Waals surface area contributed by atoms with Gasteiger partial charge < -0.3 is 0 Å². The summed E-state index contributed by atoms with van der Waals surface area (Å²) in [5, 5.41) is 4.81. The molecule has 0 atom stereocenters. The summed E-state index contributed by atoms with van der Waals surface area (Å²) in [5.41, 5.74) is 9.64. The van der Waals surface area contributed by atoms with Crippen LogP contribution in [0.15, 0.2) is 164 Å². The Hall–Kier alpha value is -6.46. The van der Waals surface area contributed by atoms with Crippen LogP contribution in [0.1, 0.15) is 0 Å². The summed E-state index contributed by atoms with van der Waals surface area (Å²) in [4.78, 5) is 19.5. The minimum Gasteiger partial charge on any atom is -0.292 e. The lowest BCUT2D eigenvalue weighted by Gasteiger charge is -2.10. The summed E-state index contributed by atoms with van der Waals surface area (Å²) in [6.45, 7) is 0. The van der Waals surface area contributed by atoms with Crippen molar-refractivity contribution in [3.8, 4) is 51.0 Å². The molecule has 0 saturated heterocycles. The van der Waals surface area contributed by atoms with Gasteiger partial charge >= 0.3 is 0 Å². The van der Waals surface area contributed by atoms with Crippen molar-refractivity contribution < 1.29 is 0 Å². The molecule has 5 heteroatoms. The molecule has 5 heterocycles. The van der Waals surface area contributed by atoms with Gasteiger partial charge in [-0.1, -0.05) is 97.1 Å². The minimum atomic E-state index is 0.787. The highest BCUT2D eigenvalue weighted by molar-refractivity contribution is 6.08. The predicted octanol–water partition coefficient (Wildman–Crippen LogP) is 10.2. The van der Waals surface area contributed by atoms with Crippen molar-refractivity contribution in [3.63, 3.8) is 0 Å². The Morgan fingerprint density at radius 2 is 0.979 bits per heavy atom. The Morgan fingerprint density at radius 3 is 1.79 bits per heavy atom. The second-order valence-electron chi connectivity index (χ2n) is 11.6. The van der Waals surface area contributed by atoms with Crippen molar-refractivity contribution in [1.29, 1.82) is 0 Å². The Balaban J connectivity index is 1.04. The molecule has 0 aliphatic carbocycles. The molecule has 5 aromatic heterocycles. The van der Waals surface area contributed by atoms with E-state index in [0.29, 0.717) is 0 Å². The Bertz CT molecular complexity index is 2530. The fraction of sp³-hybridized carbons (Fsp3) is 0. The fourth-order valence-electron chi connectivity index (χ4n) is 6.42. The first-order chi connectivity index (χ1) is 23.3. The molecule has 0 aliphatic rings. The third-order valence-corrected chi connectivity index (χ3v) is 8.73. The molecular weight excluding hydrogens is 574 g/mol. The molecule has 9 rings (SSSR count). The van der Waals surface area contributed by atoms with E-state index in [2.05, 4.69) is 107 Å². The molecule has 0 unspecified atom stereocenters. The number of aromatic nitrogens is 5. The largest absolute Gasteiger partial charge is 0.292 e. The van der Waals surface area contributed by atoms with E-state index in [9.17, 15) is 0 Å². The Morgan fingerprint density at radius 1 is 0.383 bits per heavy atom. The first kappa shape index (κ1) is 26.9. The van der Waals surface area contributed by atoms with E-state index >= 15 is 0 Å². The van der Waals surface area contributed by atoms with Crippen LogP contribution in [0.2, 0.25) is 0 Å². The summed E-state index contributed by atoms with van der Waals surface area (Å²) >= 11 is 0. The zero-order chi connectivity index (χ0) is 31.2. The van der Waals surface area contributed by atoms with E-state index in [-0.39, 0.29) is 0 Å². The summed E-state index contributed by atoms with van der Waals surface area (Å²) < 4.78 is 2.17. The molecule has 0 N–H and O–H groups in total. The monoisotopic (exact) mass is 601 g/mol. The number of pyridine rings is 4. The van der Waals surface area contributed by atoms with E-state index in [1.54, 1.807) is 0 Å². The minimum absolute atomic E-state index is 0.787. The number of para-hydroxylation sites is 1. The van der Waals surface area contributed by atoms with Crippen LogP contribution < -0.4 is 0 Å². The number of nitrogens with zero attached hydrogens (tertiary/aromatic N) is 5. The molecule has 0 radical (unpaired) electrons. The van der Waals surface area contributed by atoms with Gasteiger partial charge in [-0.25, -0.2) is 15.0 Å². The number of benzene rings is 4. The quantitative estimate of drug-likeness (QED) is 0.197. The fourth-order valence-corrected chi connectivity index (χ4v) is 6.42. The van der Waals surface area contributed by atoms with Crippen molar-refractivity contribution >= 4 is 32.6 Å². The van der Waals surface area contributed by atoms with Crippen molar-refractivity contribution in [3.05, 3.63) is 164 Å².